The molecule has 0 aliphatic heterocycles. The number of carbonyl (C=O) groups is 1. The zero-order chi connectivity index (χ0) is 20.4. The van der Waals surface area contributed by atoms with E-state index in [0.717, 1.165) is 16.2 Å². The lowest BCUT2D eigenvalue weighted by Gasteiger charge is -2.18. The van der Waals surface area contributed by atoms with E-state index in [0.29, 0.717) is 15.6 Å². The van der Waals surface area contributed by atoms with E-state index in [9.17, 15) is 19.7 Å². The van der Waals surface area contributed by atoms with E-state index < -0.39 is 10.5 Å². The molecule has 10 heteroatoms. The molecule has 3 aromatic rings. The molecule has 3 rings (SSSR count). The van der Waals surface area contributed by atoms with Crippen molar-refractivity contribution in [2.45, 2.75) is 13.1 Å². The van der Waals surface area contributed by atoms with Crippen LogP contribution in [-0.2, 0) is 17.9 Å². The zero-order valence-electron chi connectivity index (χ0n) is 14.6. The number of nitro benzene ring substituents is 1. The molecule has 0 saturated carbocycles. The van der Waals surface area contributed by atoms with Crippen LogP contribution in [0.2, 0.25) is 10.0 Å². The van der Waals surface area contributed by atoms with Crippen molar-refractivity contribution < 1.29 is 9.72 Å². The average Bonchev–Trinajstić information content (AvgIpc) is 2.66. The fourth-order valence-corrected chi connectivity index (χ4v) is 2.96. The van der Waals surface area contributed by atoms with E-state index in [1.165, 1.54) is 23.4 Å². The molecule has 8 nitrogen and oxygen atoms in total. The number of non-ortho nitro benzene ring substituents is 1. The molecule has 1 amide bonds. The summed E-state index contributed by atoms with van der Waals surface area (Å²) in [6.45, 7) is 0.0270. The molecule has 144 valence electrons. The number of aromatic nitrogens is 2. The molecule has 0 fully saturated rings. The Morgan fingerprint density at radius 1 is 1.21 bits per heavy atom. The second-order valence-corrected chi connectivity index (χ2v) is 6.95. The summed E-state index contributed by atoms with van der Waals surface area (Å²) < 4.78 is 1.12. The maximum atomic E-state index is 12.6. The Morgan fingerprint density at radius 2 is 1.96 bits per heavy atom. The fourth-order valence-electron chi connectivity index (χ4n) is 2.64. The first kappa shape index (κ1) is 19.8. The number of hydrogen-bond acceptors (Lipinski definition) is 5. The van der Waals surface area contributed by atoms with E-state index in [2.05, 4.69) is 4.98 Å². The van der Waals surface area contributed by atoms with Crippen molar-refractivity contribution in [2.24, 2.45) is 0 Å². The third kappa shape index (κ3) is 4.13. The van der Waals surface area contributed by atoms with E-state index >= 15 is 0 Å². The lowest BCUT2D eigenvalue weighted by atomic mass is 10.2. The van der Waals surface area contributed by atoms with Crippen molar-refractivity contribution in [2.75, 3.05) is 7.05 Å². The van der Waals surface area contributed by atoms with Crippen LogP contribution < -0.4 is 5.56 Å². The smallest absolute Gasteiger partial charge is 0.270 e. The predicted molar refractivity (Wildman–Crippen MR) is 106 cm³/mol. The van der Waals surface area contributed by atoms with Gasteiger partial charge >= 0.3 is 0 Å². The number of amides is 1. The van der Waals surface area contributed by atoms with Crippen LogP contribution in [0.1, 0.15) is 5.56 Å². The summed E-state index contributed by atoms with van der Waals surface area (Å²) in [6.07, 6.45) is 1.25. The number of fused-ring (bicyclic) bond motifs is 1. The Balaban J connectivity index is 1.81. The molecular formula is C18H14Cl2N4O4. The summed E-state index contributed by atoms with van der Waals surface area (Å²) >= 11 is 11.9. The Kier molecular flexibility index (Phi) is 5.62. The number of halogens is 2. The summed E-state index contributed by atoms with van der Waals surface area (Å²) in [5.74, 6) is -0.334. The Bertz CT molecular complexity index is 1150. The number of benzene rings is 2. The summed E-state index contributed by atoms with van der Waals surface area (Å²) in [5.41, 5.74) is 0.366. The van der Waals surface area contributed by atoms with Crippen LogP contribution in [0.5, 0.6) is 0 Å². The molecule has 0 N–H and O–H groups in total. The van der Waals surface area contributed by atoms with Crippen molar-refractivity contribution in [3.8, 4) is 0 Å². The van der Waals surface area contributed by atoms with Gasteiger partial charge in [0.25, 0.3) is 11.2 Å². The van der Waals surface area contributed by atoms with Gasteiger partial charge in [-0.05, 0) is 23.8 Å². The molecule has 0 aliphatic rings. The first-order valence-electron chi connectivity index (χ1n) is 8.08. The monoisotopic (exact) mass is 420 g/mol. The van der Waals surface area contributed by atoms with Crippen LogP contribution in [0.25, 0.3) is 10.9 Å². The third-order valence-electron chi connectivity index (χ3n) is 4.15. The molecule has 1 aromatic heterocycles. The zero-order valence-corrected chi connectivity index (χ0v) is 16.1. The SMILES string of the molecule is CN(Cc1ccc(Cl)c(Cl)c1)C(=O)Cn1cnc2ccc([N+](=O)[O-])cc2c1=O. The minimum atomic E-state index is -0.591. The van der Waals surface area contributed by atoms with Gasteiger partial charge < -0.3 is 4.90 Å². The molecule has 0 unspecified atom stereocenters. The van der Waals surface area contributed by atoms with Crippen molar-refractivity contribution in [1.82, 2.24) is 14.5 Å². The molecule has 0 spiro atoms. The minimum Gasteiger partial charge on any atom is -0.340 e. The summed E-state index contributed by atoms with van der Waals surface area (Å²) in [4.78, 5) is 41.0. The lowest BCUT2D eigenvalue weighted by Crippen LogP contribution is -2.33. The Labute approximate surface area is 169 Å². The summed E-state index contributed by atoms with van der Waals surface area (Å²) in [5, 5.41) is 11.8. The van der Waals surface area contributed by atoms with E-state index in [4.69, 9.17) is 23.2 Å². The van der Waals surface area contributed by atoms with Crippen LogP contribution in [0.4, 0.5) is 5.69 Å². The third-order valence-corrected chi connectivity index (χ3v) is 4.89. The van der Waals surface area contributed by atoms with Gasteiger partial charge in [-0.25, -0.2) is 4.98 Å². The number of nitrogens with zero attached hydrogens (tertiary/aromatic N) is 4. The van der Waals surface area contributed by atoms with Crippen LogP contribution in [0.15, 0.2) is 47.5 Å². The second kappa shape index (κ2) is 7.95. The van der Waals surface area contributed by atoms with Crippen molar-refractivity contribution in [3.63, 3.8) is 0 Å². The largest absolute Gasteiger partial charge is 0.340 e. The fraction of sp³-hybridized carbons (Fsp3) is 0.167. The summed E-state index contributed by atoms with van der Waals surface area (Å²) in [7, 11) is 1.59. The standard InChI is InChI=1S/C18H14Cl2N4O4/c1-22(8-11-2-4-14(19)15(20)6-11)17(25)9-23-10-21-16-5-3-12(24(27)28)7-13(16)18(23)26/h2-7,10H,8-9H2,1H3. The molecule has 0 aliphatic carbocycles. The van der Waals surface area contributed by atoms with Gasteiger partial charge in [0.2, 0.25) is 5.91 Å². The van der Waals surface area contributed by atoms with Crippen LogP contribution in [-0.4, -0.2) is 32.3 Å². The second-order valence-electron chi connectivity index (χ2n) is 6.13. The first-order valence-corrected chi connectivity index (χ1v) is 8.83. The van der Waals surface area contributed by atoms with Gasteiger partial charge in [-0.2, -0.15) is 0 Å². The van der Waals surface area contributed by atoms with Gasteiger partial charge in [-0.1, -0.05) is 29.3 Å². The van der Waals surface area contributed by atoms with Crippen LogP contribution in [0.3, 0.4) is 0 Å². The van der Waals surface area contributed by atoms with Gasteiger partial charge in [0, 0.05) is 25.7 Å². The minimum absolute atomic E-state index is 0.0802. The maximum Gasteiger partial charge on any atom is 0.270 e. The molecule has 0 bridgehead atoms. The average molecular weight is 421 g/mol. The predicted octanol–water partition coefficient (Wildman–Crippen LogP) is 3.27. The topological polar surface area (TPSA) is 98.3 Å². The molecule has 1 heterocycles. The normalized spacial score (nSPS) is 10.8. The van der Waals surface area contributed by atoms with Crippen molar-refractivity contribution in [3.05, 3.63) is 78.8 Å². The van der Waals surface area contributed by atoms with Gasteiger partial charge in [0.15, 0.2) is 0 Å². The molecule has 0 radical (unpaired) electrons. The van der Waals surface area contributed by atoms with Gasteiger partial charge in [0.1, 0.15) is 6.54 Å². The Hall–Kier alpha value is -2.97. The number of likely N-dealkylation sites (N-methyl/N-ethyl adjacent to an activating group) is 1. The van der Waals surface area contributed by atoms with Crippen molar-refractivity contribution in [1.29, 1.82) is 0 Å². The highest BCUT2D eigenvalue weighted by Gasteiger charge is 2.15. The van der Waals surface area contributed by atoms with Crippen LogP contribution in [0, 0.1) is 10.1 Å². The number of hydrogen-bond donors (Lipinski definition) is 0. The highest BCUT2D eigenvalue weighted by molar-refractivity contribution is 6.42. The first-order chi connectivity index (χ1) is 13.3. The molecule has 0 atom stereocenters. The number of rotatable bonds is 5. The van der Waals surface area contributed by atoms with Gasteiger partial charge in [0.05, 0.1) is 32.2 Å². The molecule has 2 aromatic carbocycles. The molecule has 0 saturated heterocycles. The number of nitro groups is 1. The quantitative estimate of drug-likeness (QED) is 0.465. The van der Waals surface area contributed by atoms with Gasteiger partial charge in [-0.15, -0.1) is 0 Å². The summed E-state index contributed by atoms with van der Waals surface area (Å²) in [6, 6.07) is 8.89. The van der Waals surface area contributed by atoms with Gasteiger partial charge in [-0.3, -0.25) is 24.3 Å². The van der Waals surface area contributed by atoms with E-state index in [1.807, 2.05) is 0 Å². The van der Waals surface area contributed by atoms with Crippen LogP contribution >= 0.6 is 23.2 Å². The number of carbonyl (C=O) groups excluding carboxylic acids is 1. The Morgan fingerprint density at radius 3 is 2.64 bits per heavy atom. The highest BCUT2D eigenvalue weighted by Crippen LogP contribution is 2.23. The lowest BCUT2D eigenvalue weighted by molar-refractivity contribution is -0.384. The maximum absolute atomic E-state index is 12.6. The molecular weight excluding hydrogens is 407 g/mol. The molecule has 28 heavy (non-hydrogen) atoms. The van der Waals surface area contributed by atoms with Crippen molar-refractivity contribution >= 4 is 45.7 Å². The van der Waals surface area contributed by atoms with E-state index in [1.54, 1.807) is 25.2 Å². The van der Waals surface area contributed by atoms with E-state index in [-0.39, 0.29) is 30.1 Å². The highest BCUT2D eigenvalue weighted by atomic mass is 35.5.